The zero-order valence-corrected chi connectivity index (χ0v) is 10.7. The maximum atomic E-state index is 11.8. The minimum absolute atomic E-state index is 0.166. The highest BCUT2D eigenvalue weighted by Gasteiger charge is 2.12. The van der Waals surface area contributed by atoms with Crippen LogP contribution in [0.15, 0.2) is 36.5 Å². The van der Waals surface area contributed by atoms with Crippen molar-refractivity contribution in [2.24, 2.45) is 0 Å². The van der Waals surface area contributed by atoms with Gasteiger partial charge in [-0.1, -0.05) is 18.2 Å². The average Bonchev–Trinajstić information content (AvgIpc) is 2.78. The maximum Gasteiger partial charge on any atom is 0.323 e. The Kier molecular flexibility index (Phi) is 3.85. The van der Waals surface area contributed by atoms with Gasteiger partial charge >= 0.3 is 5.97 Å². The van der Waals surface area contributed by atoms with Crippen LogP contribution in [0.5, 0.6) is 0 Å². The molecular formula is C14H16N2O3. The highest BCUT2D eigenvalue weighted by molar-refractivity contribution is 5.82. The first kappa shape index (κ1) is 13.1. The summed E-state index contributed by atoms with van der Waals surface area (Å²) < 4.78 is 2.00. The van der Waals surface area contributed by atoms with Crippen LogP contribution in [0.3, 0.4) is 0 Å². The highest BCUT2D eigenvalue weighted by atomic mass is 16.4. The number of carboxylic acid groups (broad SMARTS) is 1. The number of aliphatic carboxylic acids is 1. The van der Waals surface area contributed by atoms with Gasteiger partial charge in [-0.05, 0) is 17.5 Å². The van der Waals surface area contributed by atoms with Gasteiger partial charge in [-0.15, -0.1) is 0 Å². The van der Waals surface area contributed by atoms with Crippen molar-refractivity contribution in [1.29, 1.82) is 0 Å². The molecule has 0 fully saturated rings. The molecule has 1 aromatic heterocycles. The number of hydrogen-bond donors (Lipinski definition) is 1. The lowest BCUT2D eigenvalue weighted by Gasteiger charge is -2.14. The first-order valence-corrected chi connectivity index (χ1v) is 6.07. The van der Waals surface area contributed by atoms with E-state index < -0.39 is 5.97 Å². The van der Waals surface area contributed by atoms with Gasteiger partial charge in [0.15, 0.2) is 0 Å². The van der Waals surface area contributed by atoms with Crippen LogP contribution in [0.2, 0.25) is 0 Å². The van der Waals surface area contributed by atoms with Crippen LogP contribution in [-0.2, 0) is 16.1 Å². The van der Waals surface area contributed by atoms with Crippen LogP contribution in [0.4, 0.5) is 0 Å². The number of aryl methyl sites for hydroxylation is 1. The second kappa shape index (κ2) is 5.56. The van der Waals surface area contributed by atoms with Crippen LogP contribution in [-0.4, -0.2) is 40.0 Å². The van der Waals surface area contributed by atoms with Gasteiger partial charge < -0.3 is 14.6 Å². The minimum atomic E-state index is -0.998. The van der Waals surface area contributed by atoms with Crippen LogP contribution in [0, 0.1) is 0 Å². The first-order valence-electron chi connectivity index (χ1n) is 6.07. The number of likely N-dealkylation sites (N-methyl/N-ethyl adjacent to an activating group) is 1. The Morgan fingerprint density at radius 3 is 2.74 bits per heavy atom. The lowest BCUT2D eigenvalue weighted by Crippen LogP contribution is -2.32. The van der Waals surface area contributed by atoms with Crippen LogP contribution < -0.4 is 0 Å². The number of aromatic nitrogens is 1. The monoisotopic (exact) mass is 260 g/mol. The molecule has 1 amide bonds. The summed E-state index contributed by atoms with van der Waals surface area (Å²) in [6.45, 7) is 0.293. The SMILES string of the molecule is CN(CC(=O)O)C(=O)CCn1ccc2ccccc21. The third kappa shape index (κ3) is 3.13. The normalized spacial score (nSPS) is 10.6. The van der Waals surface area contributed by atoms with Gasteiger partial charge in [-0.3, -0.25) is 9.59 Å². The Labute approximate surface area is 111 Å². The van der Waals surface area contributed by atoms with Crippen molar-refractivity contribution < 1.29 is 14.7 Å². The lowest BCUT2D eigenvalue weighted by molar-refractivity contribution is -0.143. The quantitative estimate of drug-likeness (QED) is 0.887. The van der Waals surface area contributed by atoms with Crippen molar-refractivity contribution >= 4 is 22.8 Å². The Morgan fingerprint density at radius 2 is 2.00 bits per heavy atom. The molecule has 0 radical (unpaired) electrons. The van der Waals surface area contributed by atoms with Gasteiger partial charge in [0, 0.05) is 31.7 Å². The Balaban J connectivity index is 1.99. The summed E-state index contributed by atoms with van der Waals surface area (Å²) in [7, 11) is 1.50. The van der Waals surface area contributed by atoms with Gasteiger partial charge in [0.05, 0.1) is 0 Å². The van der Waals surface area contributed by atoms with Crippen molar-refractivity contribution in [3.8, 4) is 0 Å². The van der Waals surface area contributed by atoms with E-state index >= 15 is 0 Å². The standard InChI is InChI=1S/C14H16N2O3/c1-15(10-14(18)19)13(17)7-9-16-8-6-11-4-2-3-5-12(11)16/h2-6,8H,7,9-10H2,1H3,(H,18,19). The van der Waals surface area contributed by atoms with Gasteiger partial charge in [0.25, 0.3) is 0 Å². The van der Waals surface area contributed by atoms with E-state index in [1.807, 2.05) is 41.1 Å². The molecule has 1 N–H and O–H groups in total. The van der Waals surface area contributed by atoms with E-state index in [1.54, 1.807) is 0 Å². The van der Waals surface area contributed by atoms with Crippen LogP contribution >= 0.6 is 0 Å². The van der Waals surface area contributed by atoms with E-state index in [4.69, 9.17) is 5.11 Å². The molecule has 2 rings (SSSR count). The fraction of sp³-hybridized carbons (Fsp3) is 0.286. The molecule has 0 aliphatic heterocycles. The van der Waals surface area contributed by atoms with Crippen molar-refractivity contribution in [3.63, 3.8) is 0 Å². The second-order valence-corrected chi connectivity index (χ2v) is 4.46. The molecule has 1 heterocycles. The topological polar surface area (TPSA) is 62.5 Å². The number of hydrogen-bond acceptors (Lipinski definition) is 2. The third-order valence-corrected chi connectivity index (χ3v) is 3.04. The molecule has 0 aliphatic carbocycles. The molecule has 0 atom stereocenters. The van der Waals surface area contributed by atoms with E-state index in [9.17, 15) is 9.59 Å². The van der Waals surface area contributed by atoms with Gasteiger partial charge in [-0.25, -0.2) is 0 Å². The molecule has 0 bridgehead atoms. The summed E-state index contributed by atoms with van der Waals surface area (Å²) in [4.78, 5) is 23.5. The van der Waals surface area contributed by atoms with Crippen molar-refractivity contribution in [3.05, 3.63) is 36.5 Å². The molecular weight excluding hydrogens is 244 g/mol. The van der Waals surface area contributed by atoms with E-state index in [0.717, 1.165) is 10.9 Å². The van der Waals surface area contributed by atoms with E-state index in [2.05, 4.69) is 0 Å². The number of amides is 1. The van der Waals surface area contributed by atoms with E-state index in [1.165, 1.54) is 11.9 Å². The predicted octanol–water partition coefficient (Wildman–Crippen LogP) is 1.57. The van der Waals surface area contributed by atoms with Gasteiger partial charge in [-0.2, -0.15) is 0 Å². The van der Waals surface area contributed by atoms with Crippen LogP contribution in [0.1, 0.15) is 6.42 Å². The smallest absolute Gasteiger partial charge is 0.323 e. The second-order valence-electron chi connectivity index (χ2n) is 4.46. The van der Waals surface area contributed by atoms with Crippen molar-refractivity contribution in [2.45, 2.75) is 13.0 Å². The highest BCUT2D eigenvalue weighted by Crippen LogP contribution is 2.15. The number of benzene rings is 1. The Morgan fingerprint density at radius 1 is 1.26 bits per heavy atom. The third-order valence-electron chi connectivity index (χ3n) is 3.04. The molecule has 1 aromatic carbocycles. The van der Waals surface area contributed by atoms with Crippen molar-refractivity contribution in [1.82, 2.24) is 9.47 Å². The molecule has 100 valence electrons. The molecule has 0 saturated carbocycles. The zero-order chi connectivity index (χ0) is 13.8. The fourth-order valence-corrected chi connectivity index (χ4v) is 2.03. The summed E-state index contributed by atoms with van der Waals surface area (Å²) in [5.74, 6) is -1.16. The predicted molar refractivity (Wildman–Crippen MR) is 71.8 cm³/mol. The lowest BCUT2D eigenvalue weighted by atomic mass is 10.2. The zero-order valence-electron chi connectivity index (χ0n) is 10.7. The summed E-state index contributed by atoms with van der Waals surface area (Å²) in [6.07, 6.45) is 2.23. The number of para-hydroxylation sites is 1. The number of carboxylic acids is 1. The molecule has 5 nitrogen and oxygen atoms in total. The van der Waals surface area contributed by atoms with Gasteiger partial charge in [0.2, 0.25) is 5.91 Å². The molecule has 0 spiro atoms. The maximum absolute atomic E-state index is 11.8. The Hall–Kier alpha value is -2.30. The molecule has 0 aliphatic rings. The summed E-state index contributed by atoms with van der Waals surface area (Å²) in [6, 6.07) is 9.95. The summed E-state index contributed by atoms with van der Waals surface area (Å²) >= 11 is 0. The molecule has 19 heavy (non-hydrogen) atoms. The van der Waals surface area contributed by atoms with E-state index in [-0.39, 0.29) is 12.5 Å². The molecule has 2 aromatic rings. The number of carbonyl (C=O) groups excluding carboxylic acids is 1. The van der Waals surface area contributed by atoms with Gasteiger partial charge in [0.1, 0.15) is 6.54 Å². The minimum Gasteiger partial charge on any atom is -0.480 e. The number of nitrogens with zero attached hydrogens (tertiary/aromatic N) is 2. The fourth-order valence-electron chi connectivity index (χ4n) is 2.03. The van der Waals surface area contributed by atoms with Crippen LogP contribution in [0.25, 0.3) is 10.9 Å². The molecule has 5 heteroatoms. The summed E-state index contributed by atoms with van der Waals surface area (Å²) in [5.41, 5.74) is 1.08. The average molecular weight is 260 g/mol. The largest absolute Gasteiger partial charge is 0.480 e. The number of rotatable bonds is 5. The van der Waals surface area contributed by atoms with E-state index in [0.29, 0.717) is 13.0 Å². The number of carbonyl (C=O) groups is 2. The Bertz CT molecular complexity index is 604. The number of fused-ring (bicyclic) bond motifs is 1. The van der Waals surface area contributed by atoms with Crippen molar-refractivity contribution in [2.75, 3.05) is 13.6 Å². The summed E-state index contributed by atoms with van der Waals surface area (Å²) in [5, 5.41) is 9.76. The molecule has 0 saturated heterocycles. The first-order chi connectivity index (χ1) is 9.08. The molecule has 0 unspecified atom stereocenters.